The summed E-state index contributed by atoms with van der Waals surface area (Å²) in [6.45, 7) is 0. The van der Waals surface area contributed by atoms with Crippen molar-refractivity contribution >= 4 is 62.3 Å². The van der Waals surface area contributed by atoms with E-state index < -0.39 is 11.7 Å². The SMILES string of the molecule is Cn1c(=O)c2sccc2n2c(SCC(=O)Nc3ccc(Cl)cc3F)nnc12. The van der Waals surface area contributed by atoms with E-state index in [2.05, 4.69) is 15.5 Å². The van der Waals surface area contributed by atoms with E-state index in [1.165, 1.54) is 28.0 Å². The van der Waals surface area contributed by atoms with E-state index in [9.17, 15) is 14.0 Å². The molecule has 0 spiro atoms. The highest BCUT2D eigenvalue weighted by atomic mass is 35.5. The molecule has 1 amide bonds. The summed E-state index contributed by atoms with van der Waals surface area (Å²) in [6, 6.07) is 5.83. The number of aryl methyl sites for hydroxylation is 1. The molecule has 7 nitrogen and oxygen atoms in total. The predicted molar refractivity (Wildman–Crippen MR) is 104 cm³/mol. The van der Waals surface area contributed by atoms with Gasteiger partial charge < -0.3 is 5.32 Å². The van der Waals surface area contributed by atoms with E-state index in [0.717, 1.165) is 17.8 Å². The highest BCUT2D eigenvalue weighted by Gasteiger charge is 2.17. The fourth-order valence-corrected chi connectivity index (χ4v) is 4.32. The van der Waals surface area contributed by atoms with Gasteiger partial charge >= 0.3 is 0 Å². The Bertz CT molecular complexity index is 1250. The van der Waals surface area contributed by atoms with E-state index in [1.807, 2.05) is 11.4 Å². The zero-order valence-electron chi connectivity index (χ0n) is 13.8. The van der Waals surface area contributed by atoms with Gasteiger partial charge in [0.1, 0.15) is 10.5 Å². The lowest BCUT2D eigenvalue weighted by atomic mass is 10.3. The molecule has 1 aromatic carbocycles. The molecule has 0 atom stereocenters. The van der Waals surface area contributed by atoms with Crippen LogP contribution >= 0.6 is 34.7 Å². The summed E-state index contributed by atoms with van der Waals surface area (Å²) in [5.74, 6) is -0.622. The minimum atomic E-state index is -0.608. The number of thioether (sulfide) groups is 1. The third-order valence-electron chi connectivity index (χ3n) is 3.84. The van der Waals surface area contributed by atoms with Gasteiger partial charge in [-0.15, -0.1) is 21.5 Å². The number of anilines is 1. The van der Waals surface area contributed by atoms with Crippen LogP contribution in [-0.2, 0) is 11.8 Å². The van der Waals surface area contributed by atoms with Gasteiger partial charge in [0, 0.05) is 12.1 Å². The van der Waals surface area contributed by atoms with E-state index in [-0.39, 0.29) is 22.0 Å². The Morgan fingerprint density at radius 2 is 2.19 bits per heavy atom. The summed E-state index contributed by atoms with van der Waals surface area (Å²) in [6.07, 6.45) is 0. The van der Waals surface area contributed by atoms with Crippen LogP contribution in [0, 0.1) is 5.82 Å². The Morgan fingerprint density at radius 3 is 2.96 bits per heavy atom. The molecule has 0 unspecified atom stereocenters. The number of thiophene rings is 1. The maximum absolute atomic E-state index is 13.8. The fourth-order valence-electron chi connectivity index (χ4n) is 2.57. The van der Waals surface area contributed by atoms with Crippen LogP contribution in [0.25, 0.3) is 16.0 Å². The first-order valence-electron chi connectivity index (χ1n) is 7.64. The molecule has 138 valence electrons. The molecule has 1 N–H and O–H groups in total. The van der Waals surface area contributed by atoms with Crippen molar-refractivity contribution in [2.24, 2.45) is 7.05 Å². The van der Waals surface area contributed by atoms with E-state index in [0.29, 0.717) is 21.2 Å². The van der Waals surface area contributed by atoms with Gasteiger partial charge in [0.15, 0.2) is 5.16 Å². The van der Waals surface area contributed by atoms with Crippen LogP contribution in [0.1, 0.15) is 0 Å². The lowest BCUT2D eigenvalue weighted by Gasteiger charge is -2.07. The van der Waals surface area contributed by atoms with Crippen molar-refractivity contribution < 1.29 is 9.18 Å². The first-order chi connectivity index (χ1) is 13.0. The van der Waals surface area contributed by atoms with Crippen LogP contribution in [0.15, 0.2) is 39.6 Å². The highest BCUT2D eigenvalue weighted by Crippen LogP contribution is 2.24. The molecule has 11 heteroatoms. The second kappa shape index (κ2) is 6.95. The second-order valence-electron chi connectivity index (χ2n) is 5.58. The van der Waals surface area contributed by atoms with Gasteiger partial charge in [0.05, 0.1) is 17.0 Å². The van der Waals surface area contributed by atoms with Crippen LogP contribution in [0.5, 0.6) is 0 Å². The third-order valence-corrected chi connectivity index (χ3v) is 5.89. The number of hydrogen-bond donors (Lipinski definition) is 1. The molecule has 0 saturated heterocycles. The zero-order valence-corrected chi connectivity index (χ0v) is 16.2. The quantitative estimate of drug-likeness (QED) is 0.510. The molecule has 3 heterocycles. The number of hydrogen-bond acceptors (Lipinski definition) is 6. The first kappa shape index (κ1) is 18.0. The number of aromatic nitrogens is 4. The van der Waals surface area contributed by atoms with Crippen molar-refractivity contribution in [3.05, 3.63) is 50.8 Å². The molecule has 27 heavy (non-hydrogen) atoms. The van der Waals surface area contributed by atoms with Gasteiger partial charge in [-0.2, -0.15) is 0 Å². The summed E-state index contributed by atoms with van der Waals surface area (Å²) in [5, 5.41) is 13.2. The molecule has 4 rings (SSSR count). The third kappa shape index (κ3) is 3.20. The van der Waals surface area contributed by atoms with Gasteiger partial charge in [0.2, 0.25) is 11.7 Å². The van der Waals surface area contributed by atoms with Gasteiger partial charge in [0.25, 0.3) is 5.56 Å². The van der Waals surface area contributed by atoms with Gasteiger partial charge in [-0.05, 0) is 29.6 Å². The van der Waals surface area contributed by atoms with Crippen molar-refractivity contribution in [1.29, 1.82) is 0 Å². The summed E-state index contributed by atoms with van der Waals surface area (Å²) in [7, 11) is 1.62. The lowest BCUT2D eigenvalue weighted by molar-refractivity contribution is -0.113. The Kier molecular flexibility index (Phi) is 4.62. The summed E-state index contributed by atoms with van der Waals surface area (Å²) < 4.78 is 17.5. The maximum atomic E-state index is 13.8. The van der Waals surface area contributed by atoms with Crippen LogP contribution in [-0.4, -0.2) is 30.8 Å². The number of benzene rings is 1. The molecule has 0 fully saturated rings. The minimum absolute atomic E-state index is 0.00265. The average molecular weight is 424 g/mol. The lowest BCUT2D eigenvalue weighted by Crippen LogP contribution is -2.19. The Hall–Kier alpha value is -2.43. The van der Waals surface area contributed by atoms with Crippen LogP contribution in [0.4, 0.5) is 10.1 Å². The summed E-state index contributed by atoms with van der Waals surface area (Å²) in [4.78, 5) is 24.5. The van der Waals surface area contributed by atoms with Crippen molar-refractivity contribution in [3.63, 3.8) is 0 Å². The number of rotatable bonds is 4. The zero-order chi connectivity index (χ0) is 19.1. The second-order valence-corrected chi connectivity index (χ2v) is 7.87. The summed E-state index contributed by atoms with van der Waals surface area (Å²) >= 11 is 8.18. The van der Waals surface area contributed by atoms with E-state index in [4.69, 9.17) is 11.6 Å². The number of carbonyl (C=O) groups is 1. The number of halogens is 2. The van der Waals surface area contributed by atoms with Crippen LogP contribution in [0.2, 0.25) is 5.02 Å². The van der Waals surface area contributed by atoms with Crippen molar-refractivity contribution in [1.82, 2.24) is 19.2 Å². The number of nitrogens with zero attached hydrogens (tertiary/aromatic N) is 4. The van der Waals surface area contributed by atoms with E-state index >= 15 is 0 Å². The van der Waals surface area contributed by atoms with E-state index in [1.54, 1.807) is 11.4 Å². The van der Waals surface area contributed by atoms with Gasteiger partial charge in [-0.1, -0.05) is 23.4 Å². The summed E-state index contributed by atoms with van der Waals surface area (Å²) in [5.41, 5.74) is 0.598. The Labute approximate surface area is 164 Å². The molecule has 0 aliphatic carbocycles. The molecule has 0 bridgehead atoms. The molecule has 0 radical (unpaired) electrons. The molecule has 0 saturated carbocycles. The Morgan fingerprint density at radius 1 is 1.37 bits per heavy atom. The molecule has 3 aromatic heterocycles. The van der Waals surface area contributed by atoms with Crippen molar-refractivity contribution in [3.8, 4) is 0 Å². The largest absolute Gasteiger partial charge is 0.323 e. The molecule has 0 aliphatic heterocycles. The highest BCUT2D eigenvalue weighted by molar-refractivity contribution is 7.99. The number of fused-ring (bicyclic) bond motifs is 3. The monoisotopic (exact) mass is 423 g/mol. The predicted octanol–water partition coefficient (Wildman–Crippen LogP) is 3.17. The van der Waals surface area contributed by atoms with Crippen LogP contribution < -0.4 is 10.9 Å². The number of amides is 1. The van der Waals surface area contributed by atoms with Crippen LogP contribution in [0.3, 0.4) is 0 Å². The minimum Gasteiger partial charge on any atom is -0.323 e. The van der Waals surface area contributed by atoms with Crippen molar-refractivity contribution in [2.75, 3.05) is 11.1 Å². The average Bonchev–Trinajstić information content (AvgIpc) is 3.27. The van der Waals surface area contributed by atoms with Crippen molar-refractivity contribution in [2.45, 2.75) is 5.16 Å². The molecule has 4 aromatic rings. The Balaban J connectivity index is 1.59. The molecular weight excluding hydrogens is 413 g/mol. The maximum Gasteiger partial charge on any atom is 0.272 e. The topological polar surface area (TPSA) is 81.3 Å². The first-order valence-corrected chi connectivity index (χ1v) is 9.89. The smallest absolute Gasteiger partial charge is 0.272 e. The fraction of sp³-hybridized carbons (Fsp3) is 0.125. The number of carbonyl (C=O) groups excluding carboxylic acids is 1. The normalized spacial score (nSPS) is 11.4. The molecular formula is C16H11ClFN5O2S2. The van der Waals surface area contributed by atoms with Gasteiger partial charge in [-0.25, -0.2) is 4.39 Å². The molecule has 0 aliphatic rings. The standard InChI is InChI=1S/C16H11ClFN5O2S2/c1-22-14(25)13-11(4-5-26-13)23-15(22)20-21-16(23)27-7-12(24)19-10-3-2-8(17)6-9(10)18/h2-6H,7H2,1H3,(H,19,24). The number of nitrogens with one attached hydrogen (secondary N) is 1. The van der Waals surface area contributed by atoms with Gasteiger partial charge in [-0.3, -0.25) is 18.6 Å².